The van der Waals surface area contributed by atoms with Gasteiger partial charge in [0.25, 0.3) is 12.0 Å². The minimum absolute atomic E-state index is 0.120. The smallest absolute Gasteiger partial charge is 0.332 e. The topological polar surface area (TPSA) is 157 Å². The predicted molar refractivity (Wildman–Crippen MR) is 181 cm³/mol. The first-order valence-electron chi connectivity index (χ1n) is 15.7. The molecule has 50 heavy (non-hydrogen) atoms. The van der Waals surface area contributed by atoms with Gasteiger partial charge in [-0.1, -0.05) is 41.9 Å². The molecule has 1 aliphatic heterocycles. The third kappa shape index (κ3) is 5.55. The number of aryl methyl sites for hydroxylation is 1. The first-order valence-corrected chi connectivity index (χ1v) is 16.0. The van der Waals surface area contributed by atoms with Crippen LogP contribution in [0, 0.1) is 24.7 Å². The molecule has 2 aromatic carbocycles. The van der Waals surface area contributed by atoms with Crippen LogP contribution in [-0.4, -0.2) is 65.2 Å². The maximum atomic E-state index is 13.9. The Morgan fingerprint density at radius 1 is 1.04 bits per heavy atom. The molecule has 258 valence electrons. The summed E-state index contributed by atoms with van der Waals surface area (Å²) in [5.41, 5.74) is 2.53. The number of likely N-dealkylation sites (tertiary alicyclic amines) is 1. The molecule has 2 unspecified atom stereocenters. The van der Waals surface area contributed by atoms with Crippen molar-refractivity contribution in [1.82, 2.24) is 34.0 Å². The van der Waals surface area contributed by atoms with E-state index in [1.807, 2.05) is 31.2 Å². The molecule has 7 rings (SSSR count). The van der Waals surface area contributed by atoms with Gasteiger partial charge in [-0.2, -0.15) is 0 Å². The van der Waals surface area contributed by atoms with Crippen molar-refractivity contribution >= 4 is 40.1 Å². The highest BCUT2D eigenvalue weighted by molar-refractivity contribution is 6.36. The van der Waals surface area contributed by atoms with Gasteiger partial charge in [0.15, 0.2) is 11.5 Å². The molecule has 4 heterocycles. The van der Waals surface area contributed by atoms with Gasteiger partial charge in [0.1, 0.15) is 16.9 Å². The summed E-state index contributed by atoms with van der Waals surface area (Å²) in [6.07, 6.45) is -1.43. The fourth-order valence-electron chi connectivity index (χ4n) is 6.91. The molecule has 16 heteroatoms. The molecule has 0 radical (unpaired) electrons. The number of halogens is 3. The number of carboxylic acid groups (broad SMARTS) is 1. The zero-order valence-electron chi connectivity index (χ0n) is 27.3. The average molecular weight is 705 g/mol. The minimum Gasteiger partial charge on any atom is -0.481 e. The Balaban J connectivity index is 1.21. The van der Waals surface area contributed by atoms with Crippen molar-refractivity contribution in [3.05, 3.63) is 85.5 Å². The Morgan fingerprint density at radius 3 is 2.40 bits per heavy atom. The second-order valence-corrected chi connectivity index (χ2v) is 12.9. The Hall–Kier alpha value is -5.28. The molecule has 2 aliphatic rings. The molecule has 2 fully saturated rings. The van der Waals surface area contributed by atoms with E-state index in [0.29, 0.717) is 69.9 Å². The van der Waals surface area contributed by atoms with Crippen molar-refractivity contribution in [2.24, 2.45) is 31.8 Å². The second-order valence-electron chi connectivity index (χ2n) is 12.5. The number of carboxylic acids is 1. The first-order chi connectivity index (χ1) is 23.9. The van der Waals surface area contributed by atoms with E-state index >= 15 is 0 Å². The molecule has 1 aliphatic carbocycles. The number of fused-ring (bicyclic) bond motifs is 2. The Bertz CT molecular complexity index is 2320. The highest BCUT2D eigenvalue weighted by atomic mass is 35.5. The van der Waals surface area contributed by atoms with Crippen molar-refractivity contribution in [3.8, 4) is 28.3 Å². The van der Waals surface area contributed by atoms with E-state index in [1.54, 1.807) is 18.3 Å². The average Bonchev–Trinajstić information content (AvgIpc) is 3.62. The summed E-state index contributed by atoms with van der Waals surface area (Å²) in [6.45, 7) is 3.66. The second kappa shape index (κ2) is 12.6. The van der Waals surface area contributed by atoms with Crippen LogP contribution in [0.3, 0.4) is 0 Å². The largest absolute Gasteiger partial charge is 0.481 e. The lowest BCUT2D eigenvalue weighted by atomic mass is 9.96. The summed E-state index contributed by atoms with van der Waals surface area (Å²) in [5, 5.41) is 12.6. The van der Waals surface area contributed by atoms with Gasteiger partial charge in [-0.15, -0.1) is 0 Å². The lowest BCUT2D eigenvalue weighted by molar-refractivity contribution is -0.139. The van der Waals surface area contributed by atoms with Crippen molar-refractivity contribution in [2.75, 3.05) is 25.5 Å². The van der Waals surface area contributed by atoms with E-state index in [-0.39, 0.29) is 34.6 Å². The Labute approximate surface area is 288 Å². The summed E-state index contributed by atoms with van der Waals surface area (Å²) in [4.78, 5) is 56.4. The zero-order valence-corrected chi connectivity index (χ0v) is 28.1. The van der Waals surface area contributed by atoms with Crippen LogP contribution in [0.15, 0.2) is 52.2 Å². The van der Waals surface area contributed by atoms with Crippen LogP contribution in [-0.2, 0) is 25.4 Å². The van der Waals surface area contributed by atoms with Gasteiger partial charge in [0.2, 0.25) is 5.88 Å². The number of hydrogen-bond acceptors (Lipinski definition) is 10. The molecule has 1 saturated carbocycles. The summed E-state index contributed by atoms with van der Waals surface area (Å²) < 4.78 is 35.2. The summed E-state index contributed by atoms with van der Waals surface area (Å²) in [6, 6.07) is 10.8. The fraction of sp³-hybridized carbons (Fsp3) is 0.324. The third-order valence-electron chi connectivity index (χ3n) is 9.60. The Kier molecular flexibility index (Phi) is 8.34. The fourth-order valence-corrected chi connectivity index (χ4v) is 7.24. The maximum absolute atomic E-state index is 13.9. The highest BCUT2D eigenvalue weighted by Crippen LogP contribution is 2.52. The molecular weight excluding hydrogens is 674 g/mol. The molecule has 0 amide bonds. The molecule has 3 aromatic heterocycles. The SMILES string of the molecule is COc1nc(-c2cccc(-c3cccc(Nc4nc(C(F)F)nc5c4c(=O)n(C)c(=O)n5C)c3C)c2Cl)cnc1CN1CC2C(C1)C2C(=O)O. The number of nitrogens with zero attached hydrogens (tertiary/aromatic N) is 7. The summed E-state index contributed by atoms with van der Waals surface area (Å²) in [5.74, 6) is -1.32. The van der Waals surface area contributed by atoms with Gasteiger partial charge in [0, 0.05) is 50.5 Å². The highest BCUT2D eigenvalue weighted by Gasteiger charge is 2.59. The van der Waals surface area contributed by atoms with Gasteiger partial charge in [-0.3, -0.25) is 28.6 Å². The van der Waals surface area contributed by atoms with E-state index < -0.39 is 29.5 Å². The number of alkyl halides is 2. The van der Waals surface area contributed by atoms with Crippen molar-refractivity contribution in [1.29, 1.82) is 0 Å². The Morgan fingerprint density at radius 2 is 1.72 bits per heavy atom. The third-order valence-corrected chi connectivity index (χ3v) is 10.0. The number of methoxy groups -OCH3 is 1. The van der Waals surface area contributed by atoms with Crippen LogP contribution >= 0.6 is 11.6 Å². The van der Waals surface area contributed by atoms with Gasteiger partial charge < -0.3 is 15.2 Å². The molecule has 0 spiro atoms. The number of anilines is 2. The van der Waals surface area contributed by atoms with E-state index in [4.69, 9.17) is 21.3 Å². The quantitative estimate of drug-likeness (QED) is 0.222. The molecule has 1 saturated heterocycles. The normalized spacial score (nSPS) is 18.4. The number of ether oxygens (including phenoxy) is 1. The predicted octanol–water partition coefficient (Wildman–Crippen LogP) is 4.57. The van der Waals surface area contributed by atoms with Crippen LogP contribution in [0.4, 0.5) is 20.3 Å². The van der Waals surface area contributed by atoms with Crippen molar-refractivity contribution in [2.45, 2.75) is 19.9 Å². The molecule has 2 N–H and O–H groups in total. The minimum atomic E-state index is -3.05. The van der Waals surface area contributed by atoms with E-state index in [9.17, 15) is 28.3 Å². The van der Waals surface area contributed by atoms with Gasteiger partial charge >= 0.3 is 11.7 Å². The number of piperidine rings is 1. The van der Waals surface area contributed by atoms with Gasteiger partial charge in [0.05, 0.1) is 29.9 Å². The molecule has 0 bridgehead atoms. The number of nitrogens with one attached hydrogen (secondary N) is 1. The van der Waals surface area contributed by atoms with Crippen LogP contribution in [0.25, 0.3) is 33.4 Å². The lowest BCUT2D eigenvalue weighted by Crippen LogP contribution is -2.38. The van der Waals surface area contributed by atoms with Gasteiger partial charge in [-0.05, 0) is 36.0 Å². The summed E-state index contributed by atoms with van der Waals surface area (Å²) in [7, 11) is 4.15. The van der Waals surface area contributed by atoms with Gasteiger partial charge in [-0.25, -0.2) is 28.5 Å². The van der Waals surface area contributed by atoms with Crippen molar-refractivity contribution < 1.29 is 23.4 Å². The van der Waals surface area contributed by atoms with Crippen molar-refractivity contribution in [3.63, 3.8) is 0 Å². The standard InChI is InChI=1S/C34H31ClF2N8O5/c1-15-16(7-6-10-21(15)39-28-25-30(42-29(41-28)27(36)37)43(2)34(49)44(3)32(25)46)17-8-5-9-18(26(17)35)22-11-38-23(31(40-22)50-4)14-45-12-19-20(13-45)24(19)33(47)48/h5-11,19-20,24,27H,12-14H2,1-4H3,(H,47,48)(H,39,41,42). The number of hydrogen-bond donors (Lipinski definition) is 2. The number of aliphatic carboxylic acids is 1. The number of benzene rings is 2. The van der Waals surface area contributed by atoms with Crippen LogP contribution in [0.5, 0.6) is 5.88 Å². The monoisotopic (exact) mass is 704 g/mol. The lowest BCUT2D eigenvalue weighted by Gasteiger charge is -2.19. The molecular formula is C34H31ClF2N8O5. The van der Waals surface area contributed by atoms with E-state index in [1.165, 1.54) is 21.2 Å². The summed E-state index contributed by atoms with van der Waals surface area (Å²) >= 11 is 7.03. The molecule has 5 aromatic rings. The van der Waals surface area contributed by atoms with Crippen LogP contribution < -0.4 is 21.3 Å². The van der Waals surface area contributed by atoms with E-state index in [0.717, 1.165) is 9.13 Å². The molecule has 2 atom stereocenters. The number of aromatic nitrogens is 6. The van der Waals surface area contributed by atoms with Crippen LogP contribution in [0.1, 0.15) is 23.5 Å². The zero-order chi connectivity index (χ0) is 35.6. The molecule has 13 nitrogen and oxygen atoms in total. The first kappa shape index (κ1) is 33.2. The number of rotatable bonds is 9. The van der Waals surface area contributed by atoms with E-state index in [2.05, 4.69) is 25.2 Å². The number of carbonyl (C=O) groups is 1. The van der Waals surface area contributed by atoms with Crippen LogP contribution in [0.2, 0.25) is 5.02 Å². The maximum Gasteiger partial charge on any atom is 0.332 e.